The molecule has 112 valence electrons. The summed E-state index contributed by atoms with van der Waals surface area (Å²) in [6, 6.07) is 0.631. The van der Waals surface area contributed by atoms with E-state index in [-0.39, 0.29) is 11.1 Å². The first-order chi connectivity index (χ1) is 9.51. The number of aryl methyl sites for hydroxylation is 1. The molecule has 0 spiro atoms. The van der Waals surface area contributed by atoms with Gasteiger partial charge in [0.05, 0.1) is 0 Å². The fourth-order valence-corrected chi connectivity index (χ4v) is 4.01. The van der Waals surface area contributed by atoms with Crippen LogP contribution in [0.1, 0.15) is 43.9 Å². The lowest BCUT2D eigenvalue weighted by molar-refractivity contribution is 0.568. The summed E-state index contributed by atoms with van der Waals surface area (Å²) in [6.45, 7) is 4.51. The zero-order chi connectivity index (χ0) is 14.3. The summed E-state index contributed by atoms with van der Waals surface area (Å²) in [4.78, 5) is 0. The standard InChI is InChI=1S/C13H22N4O2S/c1-3-9-6-12(9)17-20(18,19)13-11(8(2)15-16-13)7-14-10-4-5-10/h9-10,12,14,17H,3-7H2,1-2H3,(H,15,16). The average Bonchev–Trinajstić information content (AvgIpc) is 3.29. The molecule has 1 aromatic heterocycles. The van der Waals surface area contributed by atoms with Gasteiger partial charge in [-0.2, -0.15) is 5.10 Å². The van der Waals surface area contributed by atoms with Crippen LogP contribution in [0.5, 0.6) is 0 Å². The number of rotatable bonds is 7. The number of nitrogens with one attached hydrogen (secondary N) is 3. The maximum Gasteiger partial charge on any atom is 0.260 e. The second kappa shape index (κ2) is 5.13. The van der Waals surface area contributed by atoms with Crippen molar-refractivity contribution in [1.29, 1.82) is 0 Å². The van der Waals surface area contributed by atoms with Crippen LogP contribution in [0.15, 0.2) is 5.03 Å². The van der Waals surface area contributed by atoms with Crippen LogP contribution < -0.4 is 10.0 Å². The summed E-state index contributed by atoms with van der Waals surface area (Å²) in [5.74, 6) is 0.484. The first-order valence-electron chi connectivity index (χ1n) is 7.30. The third-order valence-electron chi connectivity index (χ3n) is 4.19. The van der Waals surface area contributed by atoms with E-state index in [1.165, 1.54) is 12.8 Å². The summed E-state index contributed by atoms with van der Waals surface area (Å²) < 4.78 is 27.6. The van der Waals surface area contributed by atoms with Crippen LogP contribution in [0, 0.1) is 12.8 Å². The minimum absolute atomic E-state index is 0.0891. The zero-order valence-corrected chi connectivity index (χ0v) is 12.8. The lowest BCUT2D eigenvalue weighted by atomic mass is 10.2. The molecule has 0 saturated heterocycles. The Morgan fingerprint density at radius 3 is 2.75 bits per heavy atom. The number of aromatic amines is 1. The molecular formula is C13H22N4O2S. The van der Waals surface area contributed by atoms with Gasteiger partial charge in [-0.05, 0) is 32.1 Å². The predicted octanol–water partition coefficient (Wildman–Crippen LogP) is 1.05. The molecule has 7 heteroatoms. The molecule has 2 fully saturated rings. The Morgan fingerprint density at radius 2 is 2.15 bits per heavy atom. The molecule has 2 aliphatic carbocycles. The molecule has 1 heterocycles. The van der Waals surface area contributed by atoms with E-state index in [1.54, 1.807) is 0 Å². The largest absolute Gasteiger partial charge is 0.310 e. The third kappa shape index (κ3) is 2.89. The van der Waals surface area contributed by atoms with E-state index in [4.69, 9.17) is 0 Å². The Balaban J connectivity index is 1.74. The van der Waals surface area contributed by atoms with Crippen molar-refractivity contribution < 1.29 is 8.42 Å². The highest BCUT2D eigenvalue weighted by Crippen LogP contribution is 2.34. The molecule has 0 radical (unpaired) electrons. The second-order valence-electron chi connectivity index (χ2n) is 5.92. The number of sulfonamides is 1. The van der Waals surface area contributed by atoms with Gasteiger partial charge in [-0.25, -0.2) is 13.1 Å². The highest BCUT2D eigenvalue weighted by Gasteiger charge is 2.40. The monoisotopic (exact) mass is 298 g/mol. The van der Waals surface area contributed by atoms with Crippen molar-refractivity contribution in [3.8, 4) is 0 Å². The maximum absolute atomic E-state index is 12.4. The number of H-pyrrole nitrogens is 1. The molecule has 2 atom stereocenters. The number of hydrogen-bond donors (Lipinski definition) is 3. The molecule has 1 aromatic rings. The molecule has 0 aromatic carbocycles. The number of nitrogens with zero attached hydrogens (tertiary/aromatic N) is 1. The average molecular weight is 298 g/mol. The van der Waals surface area contributed by atoms with Crippen LogP contribution in [0.4, 0.5) is 0 Å². The molecule has 2 aliphatic rings. The van der Waals surface area contributed by atoms with Crippen LogP contribution in [0.3, 0.4) is 0 Å². The summed E-state index contributed by atoms with van der Waals surface area (Å²) >= 11 is 0. The van der Waals surface area contributed by atoms with Crippen molar-refractivity contribution in [2.45, 2.75) is 63.2 Å². The molecule has 0 aliphatic heterocycles. The van der Waals surface area contributed by atoms with Crippen LogP contribution >= 0.6 is 0 Å². The van der Waals surface area contributed by atoms with Crippen molar-refractivity contribution in [2.24, 2.45) is 5.92 Å². The van der Waals surface area contributed by atoms with E-state index < -0.39 is 10.0 Å². The number of aromatic nitrogens is 2. The van der Waals surface area contributed by atoms with E-state index in [0.717, 1.165) is 24.1 Å². The van der Waals surface area contributed by atoms with Gasteiger partial charge in [0, 0.05) is 29.9 Å². The van der Waals surface area contributed by atoms with Crippen molar-refractivity contribution in [1.82, 2.24) is 20.2 Å². The normalized spacial score (nSPS) is 25.9. The van der Waals surface area contributed by atoms with Gasteiger partial charge in [-0.1, -0.05) is 13.3 Å². The Labute approximate surface area is 119 Å². The predicted molar refractivity (Wildman–Crippen MR) is 75.7 cm³/mol. The Kier molecular flexibility index (Phi) is 3.60. The summed E-state index contributed by atoms with van der Waals surface area (Å²) in [6.07, 6.45) is 4.31. The molecule has 3 rings (SSSR count). The van der Waals surface area contributed by atoms with Gasteiger partial charge in [-0.3, -0.25) is 5.10 Å². The van der Waals surface area contributed by atoms with E-state index in [1.807, 2.05) is 6.92 Å². The SMILES string of the molecule is CCC1CC1NS(=O)(=O)c1n[nH]c(C)c1CNC1CC1. The summed E-state index contributed by atoms with van der Waals surface area (Å²) in [7, 11) is -3.51. The third-order valence-corrected chi connectivity index (χ3v) is 5.65. The molecule has 20 heavy (non-hydrogen) atoms. The lowest BCUT2D eigenvalue weighted by Crippen LogP contribution is -2.29. The lowest BCUT2D eigenvalue weighted by Gasteiger charge is -2.07. The molecule has 3 N–H and O–H groups in total. The van der Waals surface area contributed by atoms with E-state index in [9.17, 15) is 8.42 Å². The first-order valence-corrected chi connectivity index (χ1v) is 8.79. The zero-order valence-electron chi connectivity index (χ0n) is 11.9. The van der Waals surface area contributed by atoms with Crippen molar-refractivity contribution >= 4 is 10.0 Å². The van der Waals surface area contributed by atoms with Crippen molar-refractivity contribution in [3.05, 3.63) is 11.3 Å². The molecule has 2 saturated carbocycles. The van der Waals surface area contributed by atoms with Crippen LogP contribution in [-0.4, -0.2) is 30.7 Å². The van der Waals surface area contributed by atoms with Gasteiger partial charge in [0.25, 0.3) is 10.0 Å². The number of hydrogen-bond acceptors (Lipinski definition) is 4. The fourth-order valence-electron chi connectivity index (χ4n) is 2.49. The van der Waals surface area contributed by atoms with Crippen molar-refractivity contribution in [3.63, 3.8) is 0 Å². The van der Waals surface area contributed by atoms with Crippen LogP contribution in [0.2, 0.25) is 0 Å². The maximum atomic E-state index is 12.4. The van der Waals surface area contributed by atoms with E-state index in [2.05, 4.69) is 27.2 Å². The molecular weight excluding hydrogens is 276 g/mol. The Bertz CT molecular complexity index is 592. The second-order valence-corrected chi connectivity index (χ2v) is 7.55. The van der Waals surface area contributed by atoms with Crippen LogP contribution in [-0.2, 0) is 16.6 Å². The minimum Gasteiger partial charge on any atom is -0.310 e. The topological polar surface area (TPSA) is 86.9 Å². The molecule has 2 unspecified atom stereocenters. The molecule has 6 nitrogen and oxygen atoms in total. The highest BCUT2D eigenvalue weighted by molar-refractivity contribution is 7.89. The summed E-state index contributed by atoms with van der Waals surface area (Å²) in [5, 5.41) is 10.3. The van der Waals surface area contributed by atoms with E-state index in [0.29, 0.717) is 18.5 Å². The van der Waals surface area contributed by atoms with Crippen molar-refractivity contribution in [2.75, 3.05) is 0 Å². The highest BCUT2D eigenvalue weighted by atomic mass is 32.2. The summed E-state index contributed by atoms with van der Waals surface area (Å²) in [5.41, 5.74) is 1.58. The minimum atomic E-state index is -3.51. The molecule has 0 bridgehead atoms. The van der Waals surface area contributed by atoms with Gasteiger partial charge < -0.3 is 5.32 Å². The smallest absolute Gasteiger partial charge is 0.260 e. The van der Waals surface area contributed by atoms with Gasteiger partial charge in [0.1, 0.15) is 0 Å². The Morgan fingerprint density at radius 1 is 1.40 bits per heavy atom. The van der Waals surface area contributed by atoms with Gasteiger partial charge in [0.15, 0.2) is 5.03 Å². The Hall–Kier alpha value is -0.920. The van der Waals surface area contributed by atoms with Gasteiger partial charge >= 0.3 is 0 Å². The quantitative estimate of drug-likeness (QED) is 0.702. The van der Waals surface area contributed by atoms with E-state index >= 15 is 0 Å². The molecule has 0 amide bonds. The van der Waals surface area contributed by atoms with Gasteiger partial charge in [-0.15, -0.1) is 0 Å². The first kappa shape index (κ1) is 14.0. The fraction of sp³-hybridized carbons (Fsp3) is 0.769. The van der Waals surface area contributed by atoms with Crippen LogP contribution in [0.25, 0.3) is 0 Å². The van der Waals surface area contributed by atoms with Gasteiger partial charge in [0.2, 0.25) is 0 Å².